The number of rotatable bonds is 8. The van der Waals surface area contributed by atoms with Crippen LogP contribution in [0.4, 0.5) is 13.2 Å². The summed E-state index contributed by atoms with van der Waals surface area (Å²) in [6, 6.07) is 9.43. The van der Waals surface area contributed by atoms with Gasteiger partial charge >= 0.3 is 12.1 Å². The van der Waals surface area contributed by atoms with E-state index in [1.807, 2.05) is 35.2 Å². The van der Waals surface area contributed by atoms with Crippen molar-refractivity contribution in [1.82, 2.24) is 9.62 Å². The fourth-order valence-electron chi connectivity index (χ4n) is 3.63. The van der Waals surface area contributed by atoms with Crippen LogP contribution in [0.2, 0.25) is 0 Å². The zero-order valence-corrected chi connectivity index (χ0v) is 19.5. The lowest BCUT2D eigenvalue weighted by molar-refractivity contribution is -0.192. The molecule has 1 aromatic rings. The molecule has 13 heteroatoms. The van der Waals surface area contributed by atoms with Gasteiger partial charge in [0.1, 0.15) is 5.84 Å². The van der Waals surface area contributed by atoms with E-state index in [2.05, 4.69) is 4.72 Å². The topological polar surface area (TPSA) is 154 Å². The van der Waals surface area contributed by atoms with Crippen LogP contribution in [0, 0.1) is 11.3 Å². The van der Waals surface area contributed by atoms with Gasteiger partial charge in [-0.2, -0.15) is 17.9 Å². The average molecular weight is 517 g/mol. The van der Waals surface area contributed by atoms with Gasteiger partial charge in [-0.15, -0.1) is 0 Å². The predicted molar refractivity (Wildman–Crippen MR) is 123 cm³/mol. The van der Waals surface area contributed by atoms with Crippen molar-refractivity contribution < 1.29 is 36.3 Å². The average Bonchev–Trinajstić information content (AvgIpc) is 3.32. The van der Waals surface area contributed by atoms with Gasteiger partial charge in [0, 0.05) is 0 Å². The van der Waals surface area contributed by atoms with E-state index in [0.717, 1.165) is 31.5 Å². The Morgan fingerprint density at radius 2 is 1.80 bits per heavy atom. The zero-order valence-electron chi connectivity index (χ0n) is 18.7. The van der Waals surface area contributed by atoms with Gasteiger partial charge in [-0.25, -0.2) is 13.2 Å². The SMILES string of the molecule is N=C(N)C1=CC=C[C@@H](C(NS(=O)(=O)CCc2ccccc2)N2CCCC2)C1=O.O=C(O)C(F)(F)F. The van der Waals surface area contributed by atoms with E-state index in [0.29, 0.717) is 6.42 Å². The van der Waals surface area contributed by atoms with Gasteiger partial charge in [-0.05, 0) is 44.0 Å². The summed E-state index contributed by atoms with van der Waals surface area (Å²) >= 11 is 0. The number of carbonyl (C=O) groups excluding carboxylic acids is 1. The Balaban J connectivity index is 0.000000540. The van der Waals surface area contributed by atoms with Crippen LogP contribution in [0.5, 0.6) is 0 Å². The van der Waals surface area contributed by atoms with Crippen molar-refractivity contribution in [2.75, 3.05) is 18.8 Å². The lowest BCUT2D eigenvalue weighted by Gasteiger charge is -2.33. The highest BCUT2D eigenvalue weighted by Gasteiger charge is 2.39. The first-order chi connectivity index (χ1) is 16.3. The Hall–Kier alpha value is -3.03. The summed E-state index contributed by atoms with van der Waals surface area (Å²) < 4.78 is 60.1. The molecular formula is C22H27F3N4O5S. The number of aliphatic carboxylic acids is 1. The number of nitrogens with one attached hydrogen (secondary N) is 2. The number of amidine groups is 1. The van der Waals surface area contributed by atoms with Gasteiger partial charge in [0.05, 0.1) is 23.4 Å². The Kier molecular flexibility index (Phi) is 9.74. The first kappa shape index (κ1) is 28.2. The molecule has 2 aliphatic rings. The largest absolute Gasteiger partial charge is 0.490 e. The highest BCUT2D eigenvalue weighted by Crippen LogP contribution is 2.24. The summed E-state index contributed by atoms with van der Waals surface area (Å²) in [7, 11) is -3.61. The minimum absolute atomic E-state index is 0.0542. The molecule has 1 aliphatic carbocycles. The zero-order chi connectivity index (χ0) is 26.2. The highest BCUT2D eigenvalue weighted by atomic mass is 32.2. The van der Waals surface area contributed by atoms with Gasteiger partial charge in [-0.3, -0.25) is 15.1 Å². The number of sulfonamides is 1. The number of nitrogens with zero attached hydrogens (tertiary/aromatic N) is 1. The molecule has 1 aliphatic heterocycles. The molecule has 0 amide bonds. The van der Waals surface area contributed by atoms with Crippen LogP contribution in [0.3, 0.4) is 0 Å². The smallest absolute Gasteiger partial charge is 0.475 e. The molecule has 0 saturated carbocycles. The second-order valence-electron chi connectivity index (χ2n) is 7.93. The predicted octanol–water partition coefficient (Wildman–Crippen LogP) is 1.82. The Morgan fingerprint density at radius 1 is 1.23 bits per heavy atom. The molecule has 2 atom stereocenters. The van der Waals surface area contributed by atoms with Crippen molar-refractivity contribution >= 4 is 27.6 Å². The number of halogens is 3. The van der Waals surface area contributed by atoms with Crippen molar-refractivity contribution in [2.24, 2.45) is 11.7 Å². The maximum atomic E-state index is 12.8. The number of carboxylic acid groups (broad SMARTS) is 1. The van der Waals surface area contributed by atoms with Crippen molar-refractivity contribution in [1.29, 1.82) is 5.41 Å². The van der Waals surface area contributed by atoms with Gasteiger partial charge in [0.25, 0.3) is 0 Å². The van der Waals surface area contributed by atoms with Crippen LogP contribution in [-0.4, -0.2) is 67.2 Å². The van der Waals surface area contributed by atoms with Gasteiger partial charge in [0.15, 0.2) is 5.78 Å². The Bertz CT molecular complexity index is 1080. The number of aryl methyl sites for hydroxylation is 1. The first-order valence-electron chi connectivity index (χ1n) is 10.7. The molecule has 35 heavy (non-hydrogen) atoms. The van der Waals surface area contributed by atoms with Crippen LogP contribution >= 0.6 is 0 Å². The normalized spacial score (nSPS) is 19.5. The van der Waals surface area contributed by atoms with E-state index >= 15 is 0 Å². The summed E-state index contributed by atoms with van der Waals surface area (Å²) in [5.74, 6) is -4.13. The third kappa shape index (κ3) is 8.60. The van der Waals surface area contributed by atoms with Crippen molar-refractivity contribution in [3.05, 3.63) is 59.7 Å². The third-order valence-corrected chi connectivity index (χ3v) is 6.70. The van der Waals surface area contributed by atoms with E-state index in [4.69, 9.17) is 21.0 Å². The minimum Gasteiger partial charge on any atom is -0.475 e. The summed E-state index contributed by atoms with van der Waals surface area (Å²) in [5, 5.41) is 14.7. The van der Waals surface area contributed by atoms with Crippen LogP contribution in [0.15, 0.2) is 54.1 Å². The fourth-order valence-corrected chi connectivity index (χ4v) is 4.91. The van der Waals surface area contributed by atoms with Crippen LogP contribution < -0.4 is 10.5 Å². The van der Waals surface area contributed by atoms with Crippen LogP contribution in [0.25, 0.3) is 0 Å². The Labute approximate surface area is 201 Å². The number of alkyl halides is 3. The maximum absolute atomic E-state index is 12.8. The van der Waals surface area contributed by atoms with Crippen molar-refractivity contribution in [2.45, 2.75) is 31.6 Å². The molecule has 1 fully saturated rings. The number of carbonyl (C=O) groups is 2. The van der Waals surface area contributed by atoms with Gasteiger partial charge in [0.2, 0.25) is 10.0 Å². The van der Waals surface area contributed by atoms with E-state index in [1.54, 1.807) is 12.2 Å². The number of nitrogens with two attached hydrogens (primary N) is 1. The highest BCUT2D eigenvalue weighted by molar-refractivity contribution is 7.89. The molecule has 1 unspecified atom stereocenters. The summed E-state index contributed by atoms with van der Waals surface area (Å²) in [5.41, 5.74) is 6.59. The first-order valence-corrected chi connectivity index (χ1v) is 12.3. The van der Waals surface area contributed by atoms with Gasteiger partial charge in [-0.1, -0.05) is 42.5 Å². The molecule has 1 heterocycles. The lowest BCUT2D eigenvalue weighted by Crippen LogP contribution is -2.54. The molecule has 0 aromatic heterocycles. The molecule has 5 N–H and O–H groups in total. The number of Topliss-reactive ketones (excluding diaryl/α,β-unsaturated/α-hetero) is 1. The fraction of sp³-hybridized carbons (Fsp3) is 0.409. The van der Waals surface area contributed by atoms with Crippen molar-refractivity contribution in [3.8, 4) is 0 Å². The third-order valence-electron chi connectivity index (χ3n) is 5.36. The summed E-state index contributed by atoms with van der Waals surface area (Å²) in [6.45, 7) is 1.45. The maximum Gasteiger partial charge on any atom is 0.490 e. The molecule has 3 rings (SSSR count). The molecule has 1 aromatic carbocycles. The number of likely N-dealkylation sites (tertiary alicyclic amines) is 1. The molecule has 0 radical (unpaired) electrons. The second-order valence-corrected chi connectivity index (χ2v) is 9.81. The molecule has 0 bridgehead atoms. The van der Waals surface area contributed by atoms with Crippen LogP contribution in [0.1, 0.15) is 18.4 Å². The number of hydrogen-bond acceptors (Lipinski definition) is 6. The van der Waals surface area contributed by atoms with E-state index in [1.165, 1.54) is 6.08 Å². The molecule has 0 spiro atoms. The monoisotopic (exact) mass is 516 g/mol. The number of ketones is 1. The number of allylic oxidation sites excluding steroid dienone is 2. The summed E-state index contributed by atoms with van der Waals surface area (Å²) in [6.07, 6.45) is 1.43. The molecule has 9 nitrogen and oxygen atoms in total. The Morgan fingerprint density at radius 3 is 2.31 bits per heavy atom. The number of carboxylic acids is 1. The second kappa shape index (κ2) is 12.1. The number of benzene rings is 1. The summed E-state index contributed by atoms with van der Waals surface area (Å²) in [4.78, 5) is 23.7. The molecule has 192 valence electrons. The lowest BCUT2D eigenvalue weighted by atomic mass is 9.89. The minimum atomic E-state index is -5.08. The van der Waals surface area contributed by atoms with Gasteiger partial charge < -0.3 is 10.8 Å². The number of hydrogen-bond donors (Lipinski definition) is 4. The van der Waals surface area contributed by atoms with Crippen LogP contribution in [-0.2, 0) is 26.0 Å². The van der Waals surface area contributed by atoms with Crippen molar-refractivity contribution in [3.63, 3.8) is 0 Å². The molecular weight excluding hydrogens is 489 g/mol. The quantitative estimate of drug-likeness (QED) is 0.304. The van der Waals surface area contributed by atoms with E-state index < -0.39 is 34.3 Å². The van der Waals surface area contributed by atoms with E-state index in [9.17, 15) is 26.4 Å². The van der Waals surface area contributed by atoms with E-state index in [-0.39, 0.29) is 22.9 Å². The standard InChI is InChI=1S/C20H26N4O3S.C2HF3O2/c21-19(22)16-9-6-10-17(18(16)25)20(24-12-4-5-13-24)23-28(26,27)14-11-15-7-2-1-3-8-15;3-2(4,5)1(6)7/h1-3,6-10,17,20,23H,4-5,11-14H2,(H3,21,22);(H,6,7)/t17-,20?;/m1./s1. The molecule has 1 saturated heterocycles.